The summed E-state index contributed by atoms with van der Waals surface area (Å²) in [5, 5.41) is 2.99. The fraction of sp³-hybridized carbons (Fsp3) is 0.611. The summed E-state index contributed by atoms with van der Waals surface area (Å²) in [6.45, 7) is 4.16. The standard InChI is InChI=1S/C18H30N4O3S/c1-5-15-6-8-16(9-7-15)17(20(2)3)14-19-18(23)21-10-12-22(13-11-21)26(4,24)25/h6-9,17H,5,10-14H2,1-4H3,(H,19,23). The molecule has 0 aromatic heterocycles. The highest BCUT2D eigenvalue weighted by molar-refractivity contribution is 7.88. The summed E-state index contributed by atoms with van der Waals surface area (Å²) < 4.78 is 24.5. The van der Waals surface area contributed by atoms with Crippen molar-refractivity contribution in [2.24, 2.45) is 0 Å². The second-order valence-electron chi connectivity index (χ2n) is 6.91. The van der Waals surface area contributed by atoms with E-state index >= 15 is 0 Å². The van der Waals surface area contributed by atoms with E-state index in [4.69, 9.17) is 0 Å². The van der Waals surface area contributed by atoms with E-state index in [0.29, 0.717) is 32.7 Å². The largest absolute Gasteiger partial charge is 0.336 e. The smallest absolute Gasteiger partial charge is 0.317 e. The van der Waals surface area contributed by atoms with Crippen LogP contribution in [0.4, 0.5) is 4.79 Å². The van der Waals surface area contributed by atoms with E-state index in [1.807, 2.05) is 14.1 Å². The molecule has 1 saturated heterocycles. The van der Waals surface area contributed by atoms with Gasteiger partial charge in [0.05, 0.1) is 12.3 Å². The number of carbonyl (C=O) groups excluding carboxylic acids is 1. The molecule has 1 aromatic rings. The Labute approximate surface area is 157 Å². The maximum Gasteiger partial charge on any atom is 0.317 e. The summed E-state index contributed by atoms with van der Waals surface area (Å²) in [7, 11) is 0.805. The van der Waals surface area contributed by atoms with Crippen molar-refractivity contribution in [3.05, 3.63) is 35.4 Å². The zero-order chi connectivity index (χ0) is 19.3. The summed E-state index contributed by atoms with van der Waals surface area (Å²) in [4.78, 5) is 16.2. The van der Waals surface area contributed by atoms with Gasteiger partial charge in [0, 0.05) is 32.7 Å². The van der Waals surface area contributed by atoms with Crippen molar-refractivity contribution < 1.29 is 13.2 Å². The van der Waals surface area contributed by atoms with E-state index in [-0.39, 0.29) is 12.1 Å². The first-order valence-corrected chi connectivity index (χ1v) is 10.8. The van der Waals surface area contributed by atoms with Gasteiger partial charge in [-0.2, -0.15) is 4.31 Å². The van der Waals surface area contributed by atoms with Gasteiger partial charge >= 0.3 is 6.03 Å². The molecule has 1 unspecified atom stereocenters. The number of aryl methyl sites for hydroxylation is 1. The third-order valence-electron chi connectivity index (χ3n) is 4.84. The molecule has 0 bridgehead atoms. The fourth-order valence-corrected chi connectivity index (χ4v) is 3.92. The van der Waals surface area contributed by atoms with Crippen LogP contribution in [0.5, 0.6) is 0 Å². The van der Waals surface area contributed by atoms with Crippen LogP contribution in [0.1, 0.15) is 24.1 Å². The van der Waals surface area contributed by atoms with Crippen LogP contribution in [0.3, 0.4) is 0 Å². The van der Waals surface area contributed by atoms with E-state index in [1.165, 1.54) is 16.1 Å². The predicted molar refractivity (Wildman–Crippen MR) is 104 cm³/mol. The number of carbonyl (C=O) groups is 1. The maximum atomic E-state index is 12.4. The Morgan fingerprint density at radius 3 is 2.19 bits per heavy atom. The first-order chi connectivity index (χ1) is 12.2. The van der Waals surface area contributed by atoms with Crippen LogP contribution in [0.2, 0.25) is 0 Å². The summed E-state index contributed by atoms with van der Waals surface area (Å²) in [6.07, 6.45) is 2.21. The van der Waals surface area contributed by atoms with Crippen LogP contribution in [0.15, 0.2) is 24.3 Å². The van der Waals surface area contributed by atoms with Crippen LogP contribution >= 0.6 is 0 Å². The number of urea groups is 1. The zero-order valence-corrected chi connectivity index (χ0v) is 16.9. The average Bonchev–Trinajstić information content (AvgIpc) is 2.61. The molecule has 1 aliphatic rings. The molecule has 2 amide bonds. The SMILES string of the molecule is CCc1ccc(C(CNC(=O)N2CCN(S(C)(=O)=O)CC2)N(C)C)cc1. The minimum atomic E-state index is -3.19. The molecular weight excluding hydrogens is 352 g/mol. The zero-order valence-electron chi connectivity index (χ0n) is 16.1. The lowest BCUT2D eigenvalue weighted by Crippen LogP contribution is -2.53. The highest BCUT2D eigenvalue weighted by Crippen LogP contribution is 2.18. The van der Waals surface area contributed by atoms with Gasteiger partial charge in [0.2, 0.25) is 10.0 Å². The summed E-state index contributed by atoms with van der Waals surface area (Å²) >= 11 is 0. The Balaban J connectivity index is 1.91. The van der Waals surface area contributed by atoms with Crippen molar-refractivity contribution in [2.45, 2.75) is 19.4 Å². The molecule has 1 N–H and O–H groups in total. The number of hydrogen-bond acceptors (Lipinski definition) is 4. The van der Waals surface area contributed by atoms with Crippen molar-refractivity contribution in [3.8, 4) is 0 Å². The third kappa shape index (κ3) is 5.43. The van der Waals surface area contributed by atoms with E-state index in [2.05, 4.69) is 41.4 Å². The molecule has 0 aliphatic carbocycles. The van der Waals surface area contributed by atoms with Crippen molar-refractivity contribution in [3.63, 3.8) is 0 Å². The van der Waals surface area contributed by atoms with E-state index in [1.54, 1.807) is 4.90 Å². The molecule has 146 valence electrons. The molecule has 1 heterocycles. The van der Waals surface area contributed by atoms with Crippen LogP contribution in [-0.2, 0) is 16.4 Å². The number of benzene rings is 1. The number of likely N-dealkylation sites (N-methyl/N-ethyl adjacent to an activating group) is 1. The lowest BCUT2D eigenvalue weighted by molar-refractivity contribution is 0.169. The van der Waals surface area contributed by atoms with Gasteiger partial charge in [-0.3, -0.25) is 0 Å². The normalized spacial score (nSPS) is 17.3. The molecule has 7 nitrogen and oxygen atoms in total. The first-order valence-electron chi connectivity index (χ1n) is 8.95. The van der Waals surface area contributed by atoms with Crippen molar-refractivity contribution in [2.75, 3.05) is 53.1 Å². The molecule has 1 atom stereocenters. The minimum absolute atomic E-state index is 0.0853. The minimum Gasteiger partial charge on any atom is -0.336 e. The molecule has 1 fully saturated rings. The Hall–Kier alpha value is -1.64. The van der Waals surface area contributed by atoms with Gasteiger partial charge in [0.15, 0.2) is 0 Å². The van der Waals surface area contributed by atoms with E-state index in [0.717, 1.165) is 12.0 Å². The molecule has 0 saturated carbocycles. The number of piperazine rings is 1. The average molecular weight is 383 g/mol. The number of hydrogen-bond donors (Lipinski definition) is 1. The van der Waals surface area contributed by atoms with E-state index in [9.17, 15) is 13.2 Å². The van der Waals surface area contributed by atoms with Gasteiger partial charge in [-0.1, -0.05) is 31.2 Å². The molecule has 1 aromatic carbocycles. The molecule has 0 radical (unpaired) electrons. The third-order valence-corrected chi connectivity index (χ3v) is 6.14. The topological polar surface area (TPSA) is 73.0 Å². The molecule has 8 heteroatoms. The van der Waals surface area contributed by atoms with Crippen molar-refractivity contribution in [1.82, 2.24) is 19.4 Å². The number of nitrogens with one attached hydrogen (secondary N) is 1. The van der Waals surface area contributed by atoms with E-state index < -0.39 is 10.0 Å². The lowest BCUT2D eigenvalue weighted by atomic mass is 10.0. The Bertz CT molecular complexity index is 696. The van der Waals surface area contributed by atoms with Crippen LogP contribution in [0, 0.1) is 0 Å². The lowest BCUT2D eigenvalue weighted by Gasteiger charge is -2.34. The van der Waals surface area contributed by atoms with Crippen LogP contribution in [-0.4, -0.2) is 81.6 Å². The highest BCUT2D eigenvalue weighted by Gasteiger charge is 2.26. The molecular formula is C18H30N4O3S. The number of sulfonamides is 1. The van der Waals surface area contributed by atoms with Gasteiger partial charge < -0.3 is 15.1 Å². The predicted octanol–water partition coefficient (Wildman–Crippen LogP) is 1.14. The number of rotatable bonds is 6. The van der Waals surface area contributed by atoms with Gasteiger partial charge in [-0.05, 0) is 31.6 Å². The summed E-state index contributed by atoms with van der Waals surface area (Å²) in [6, 6.07) is 8.41. The van der Waals surface area contributed by atoms with Crippen molar-refractivity contribution >= 4 is 16.1 Å². The van der Waals surface area contributed by atoms with Crippen molar-refractivity contribution in [1.29, 1.82) is 0 Å². The van der Waals surface area contributed by atoms with Crippen LogP contribution in [0.25, 0.3) is 0 Å². The molecule has 1 aliphatic heterocycles. The van der Waals surface area contributed by atoms with Gasteiger partial charge in [0.1, 0.15) is 0 Å². The second kappa shape index (κ2) is 8.83. The number of nitrogens with zero attached hydrogens (tertiary/aromatic N) is 3. The molecule has 26 heavy (non-hydrogen) atoms. The second-order valence-corrected chi connectivity index (χ2v) is 8.89. The molecule has 2 rings (SSSR count). The van der Waals surface area contributed by atoms with Gasteiger partial charge in [-0.25, -0.2) is 13.2 Å². The first kappa shape index (κ1) is 20.7. The summed E-state index contributed by atoms with van der Waals surface area (Å²) in [5.74, 6) is 0. The fourth-order valence-electron chi connectivity index (χ4n) is 3.09. The maximum absolute atomic E-state index is 12.4. The highest BCUT2D eigenvalue weighted by atomic mass is 32.2. The quantitative estimate of drug-likeness (QED) is 0.801. The van der Waals surface area contributed by atoms with Gasteiger partial charge in [0.25, 0.3) is 0 Å². The Morgan fingerprint density at radius 1 is 1.15 bits per heavy atom. The Kier molecular flexibility index (Phi) is 7.02. The van der Waals surface area contributed by atoms with Gasteiger partial charge in [-0.15, -0.1) is 0 Å². The van der Waals surface area contributed by atoms with Crippen LogP contribution < -0.4 is 5.32 Å². The Morgan fingerprint density at radius 2 is 1.73 bits per heavy atom. The molecule has 0 spiro atoms. The monoisotopic (exact) mass is 382 g/mol. The number of amides is 2. The summed E-state index contributed by atoms with van der Waals surface area (Å²) in [5.41, 5.74) is 2.45.